The smallest absolute Gasteiger partial charge is 0.263 e. The molecule has 1 heterocycles. The highest BCUT2D eigenvalue weighted by molar-refractivity contribution is 5.93. The zero-order valence-corrected chi connectivity index (χ0v) is 6.91. The number of aromatic amines is 1. The molecule has 1 saturated carbocycles. The third-order valence-electron chi connectivity index (χ3n) is 1.88. The van der Waals surface area contributed by atoms with E-state index < -0.39 is 5.56 Å². The normalized spacial score (nSPS) is 15.4. The van der Waals surface area contributed by atoms with Gasteiger partial charge in [-0.3, -0.25) is 9.59 Å². The van der Waals surface area contributed by atoms with Gasteiger partial charge in [0.15, 0.2) is 0 Å². The maximum absolute atomic E-state index is 11.3. The molecule has 0 spiro atoms. The van der Waals surface area contributed by atoms with E-state index in [9.17, 15) is 9.59 Å². The van der Waals surface area contributed by atoms with E-state index in [4.69, 9.17) is 0 Å². The van der Waals surface area contributed by atoms with E-state index in [0.717, 1.165) is 12.8 Å². The molecule has 1 aromatic rings. The van der Waals surface area contributed by atoms with Crippen molar-refractivity contribution < 1.29 is 4.79 Å². The molecular weight excluding hydrogens is 170 g/mol. The molecule has 1 aromatic heterocycles. The van der Waals surface area contributed by atoms with E-state index in [-0.39, 0.29) is 17.5 Å². The molecule has 5 nitrogen and oxygen atoms in total. The molecule has 13 heavy (non-hydrogen) atoms. The molecule has 2 N–H and O–H groups in total. The molecule has 0 atom stereocenters. The summed E-state index contributed by atoms with van der Waals surface area (Å²) in [6.45, 7) is 0. The fourth-order valence-corrected chi connectivity index (χ4v) is 0.997. The van der Waals surface area contributed by atoms with Gasteiger partial charge >= 0.3 is 0 Å². The Bertz CT molecular complexity index is 381. The molecule has 1 fully saturated rings. The first kappa shape index (κ1) is 7.97. The fraction of sp³-hybridized carbons (Fsp3) is 0.375. The van der Waals surface area contributed by atoms with Crippen LogP contribution < -0.4 is 10.9 Å². The molecular formula is C8H9N3O2. The van der Waals surface area contributed by atoms with Crippen LogP contribution in [0.25, 0.3) is 0 Å². The molecule has 0 aromatic carbocycles. The Kier molecular flexibility index (Phi) is 1.84. The lowest BCUT2D eigenvalue weighted by molar-refractivity contribution is 0.0949. The Hall–Kier alpha value is -1.65. The van der Waals surface area contributed by atoms with Gasteiger partial charge in [-0.15, -0.1) is 0 Å². The zero-order chi connectivity index (χ0) is 9.26. The van der Waals surface area contributed by atoms with Crippen molar-refractivity contribution >= 4 is 5.91 Å². The third kappa shape index (κ3) is 1.74. The Morgan fingerprint density at radius 3 is 3.00 bits per heavy atom. The minimum absolute atomic E-state index is 0.0781. The molecule has 1 amide bonds. The molecule has 1 aliphatic rings. The molecule has 0 aliphatic heterocycles. The number of amides is 1. The van der Waals surface area contributed by atoms with Gasteiger partial charge in [0.25, 0.3) is 11.5 Å². The first-order valence-electron chi connectivity index (χ1n) is 4.11. The van der Waals surface area contributed by atoms with Crippen molar-refractivity contribution in [3.8, 4) is 0 Å². The summed E-state index contributed by atoms with van der Waals surface area (Å²) in [6.07, 6.45) is 4.54. The number of aromatic nitrogens is 2. The maximum atomic E-state index is 11.3. The Morgan fingerprint density at radius 1 is 1.62 bits per heavy atom. The highest BCUT2D eigenvalue weighted by Gasteiger charge is 2.24. The van der Waals surface area contributed by atoms with Gasteiger partial charge in [-0.25, -0.2) is 4.98 Å². The van der Waals surface area contributed by atoms with Crippen LogP contribution in [0.15, 0.2) is 17.3 Å². The summed E-state index contributed by atoms with van der Waals surface area (Å²) in [7, 11) is 0. The average molecular weight is 179 g/mol. The van der Waals surface area contributed by atoms with Gasteiger partial charge in [-0.2, -0.15) is 0 Å². The lowest BCUT2D eigenvalue weighted by Gasteiger charge is -2.00. The molecule has 0 unspecified atom stereocenters. The summed E-state index contributed by atoms with van der Waals surface area (Å²) in [6, 6.07) is 0.257. The van der Waals surface area contributed by atoms with Crippen molar-refractivity contribution in [2.75, 3.05) is 0 Å². The quantitative estimate of drug-likeness (QED) is 0.652. The van der Waals surface area contributed by atoms with Gasteiger partial charge in [0.1, 0.15) is 5.56 Å². The average Bonchev–Trinajstić information content (AvgIpc) is 2.89. The summed E-state index contributed by atoms with van der Waals surface area (Å²) in [5, 5.41) is 2.71. The lowest BCUT2D eigenvalue weighted by Crippen LogP contribution is -2.31. The highest BCUT2D eigenvalue weighted by Crippen LogP contribution is 2.18. The lowest BCUT2D eigenvalue weighted by atomic mass is 10.3. The summed E-state index contributed by atoms with van der Waals surface area (Å²) in [5.74, 6) is -0.336. The number of carbonyl (C=O) groups is 1. The molecule has 1 aliphatic carbocycles. The predicted molar refractivity (Wildman–Crippen MR) is 45.3 cm³/mol. The Balaban J connectivity index is 2.18. The Morgan fingerprint density at radius 2 is 2.38 bits per heavy atom. The standard InChI is InChI=1S/C8H9N3O2/c12-7-6(3-9-4-10-7)8(13)11-5-1-2-5/h3-5H,1-2H2,(H,11,13)(H,9,10,12). The van der Waals surface area contributed by atoms with Crippen LogP contribution in [0, 0.1) is 0 Å². The van der Waals surface area contributed by atoms with Crippen LogP contribution in [0.3, 0.4) is 0 Å². The van der Waals surface area contributed by atoms with Crippen molar-refractivity contribution in [2.45, 2.75) is 18.9 Å². The van der Waals surface area contributed by atoms with Crippen LogP contribution in [0.4, 0.5) is 0 Å². The number of H-pyrrole nitrogens is 1. The van der Waals surface area contributed by atoms with Crippen molar-refractivity contribution in [1.29, 1.82) is 0 Å². The summed E-state index contributed by atoms with van der Waals surface area (Å²) in [4.78, 5) is 28.5. The van der Waals surface area contributed by atoms with Crippen LogP contribution in [-0.2, 0) is 0 Å². The second-order valence-corrected chi connectivity index (χ2v) is 3.04. The van der Waals surface area contributed by atoms with Crippen LogP contribution in [0.1, 0.15) is 23.2 Å². The molecule has 5 heteroatoms. The van der Waals surface area contributed by atoms with E-state index in [0.29, 0.717) is 0 Å². The first-order chi connectivity index (χ1) is 6.27. The van der Waals surface area contributed by atoms with Gasteiger partial charge in [0, 0.05) is 12.2 Å². The van der Waals surface area contributed by atoms with Gasteiger partial charge in [0.05, 0.1) is 6.33 Å². The van der Waals surface area contributed by atoms with Crippen molar-refractivity contribution in [3.63, 3.8) is 0 Å². The number of nitrogens with zero attached hydrogens (tertiary/aromatic N) is 1. The van der Waals surface area contributed by atoms with Gasteiger partial charge in [-0.1, -0.05) is 0 Å². The molecule has 0 radical (unpaired) electrons. The van der Waals surface area contributed by atoms with E-state index >= 15 is 0 Å². The SMILES string of the molecule is O=C(NC1CC1)c1cnc[nH]c1=O. The highest BCUT2D eigenvalue weighted by atomic mass is 16.2. The zero-order valence-electron chi connectivity index (χ0n) is 6.91. The van der Waals surface area contributed by atoms with Crippen LogP contribution >= 0.6 is 0 Å². The monoisotopic (exact) mass is 179 g/mol. The van der Waals surface area contributed by atoms with E-state index in [1.165, 1.54) is 12.5 Å². The van der Waals surface area contributed by atoms with Gasteiger partial charge in [0.2, 0.25) is 0 Å². The number of hydrogen-bond donors (Lipinski definition) is 2. The largest absolute Gasteiger partial charge is 0.349 e. The minimum atomic E-state index is -0.395. The number of hydrogen-bond acceptors (Lipinski definition) is 3. The van der Waals surface area contributed by atoms with Crippen LogP contribution in [0.2, 0.25) is 0 Å². The minimum Gasteiger partial charge on any atom is -0.349 e. The molecule has 0 saturated heterocycles. The topological polar surface area (TPSA) is 74.8 Å². The molecule has 0 bridgehead atoms. The second-order valence-electron chi connectivity index (χ2n) is 3.04. The summed E-state index contributed by atoms with van der Waals surface area (Å²) in [5.41, 5.74) is -0.317. The molecule has 2 rings (SSSR count). The van der Waals surface area contributed by atoms with Gasteiger partial charge in [-0.05, 0) is 12.8 Å². The van der Waals surface area contributed by atoms with Crippen molar-refractivity contribution in [3.05, 3.63) is 28.4 Å². The Labute approximate surface area is 74.2 Å². The van der Waals surface area contributed by atoms with E-state index in [2.05, 4.69) is 15.3 Å². The predicted octanol–water partition coefficient (Wildman–Crippen LogP) is -0.338. The fourth-order valence-electron chi connectivity index (χ4n) is 0.997. The van der Waals surface area contributed by atoms with Crippen molar-refractivity contribution in [1.82, 2.24) is 15.3 Å². The molecule has 68 valence electrons. The second kappa shape index (κ2) is 3.01. The number of nitrogens with one attached hydrogen (secondary N) is 2. The summed E-state index contributed by atoms with van der Waals surface area (Å²) >= 11 is 0. The van der Waals surface area contributed by atoms with Crippen LogP contribution in [-0.4, -0.2) is 21.9 Å². The summed E-state index contributed by atoms with van der Waals surface area (Å²) < 4.78 is 0. The third-order valence-corrected chi connectivity index (χ3v) is 1.88. The van der Waals surface area contributed by atoms with E-state index in [1.54, 1.807) is 0 Å². The van der Waals surface area contributed by atoms with Crippen molar-refractivity contribution in [2.24, 2.45) is 0 Å². The van der Waals surface area contributed by atoms with Gasteiger partial charge < -0.3 is 10.3 Å². The number of rotatable bonds is 2. The number of carbonyl (C=O) groups excluding carboxylic acids is 1. The van der Waals surface area contributed by atoms with E-state index in [1.807, 2.05) is 0 Å². The maximum Gasteiger partial charge on any atom is 0.263 e. The first-order valence-corrected chi connectivity index (χ1v) is 4.11. The van der Waals surface area contributed by atoms with Crippen LogP contribution in [0.5, 0.6) is 0 Å².